The summed E-state index contributed by atoms with van der Waals surface area (Å²) in [6, 6.07) is -0.916. The maximum absolute atomic E-state index is 12.1. The number of amides is 1. The van der Waals surface area contributed by atoms with Gasteiger partial charge in [0.15, 0.2) is 0 Å². The molecule has 0 aromatic rings. The van der Waals surface area contributed by atoms with Crippen LogP contribution in [-0.2, 0) is 19.1 Å². The molecule has 0 bridgehead atoms. The molecule has 1 amide bonds. The lowest BCUT2D eigenvalue weighted by Gasteiger charge is -2.29. The van der Waals surface area contributed by atoms with Crippen molar-refractivity contribution < 1.29 is 24.2 Å². The van der Waals surface area contributed by atoms with E-state index in [1.165, 1.54) is 0 Å². The second kappa shape index (κ2) is 21.4. The van der Waals surface area contributed by atoms with Gasteiger partial charge in [-0.25, -0.2) is 0 Å². The first kappa shape index (κ1) is 33.1. The van der Waals surface area contributed by atoms with E-state index in [0.29, 0.717) is 12.8 Å². The second-order valence-corrected chi connectivity index (χ2v) is 9.16. The Morgan fingerprint density at radius 3 is 1.86 bits per heavy atom. The van der Waals surface area contributed by atoms with Crippen molar-refractivity contribution in [1.29, 1.82) is 0 Å². The normalized spacial score (nSPS) is 13.4. The molecule has 1 atom stereocenters. The smallest absolute Gasteiger partial charge is 0.305 e. The quantitative estimate of drug-likeness (QED) is 0.117. The predicted molar refractivity (Wildman–Crippen MR) is 146 cm³/mol. The average molecular weight is 503 g/mol. The Morgan fingerprint density at radius 1 is 0.861 bits per heavy atom. The zero-order valence-electron chi connectivity index (χ0n) is 22.3. The Morgan fingerprint density at radius 2 is 1.36 bits per heavy atom. The Kier molecular flexibility index (Phi) is 19.6. The molecule has 202 valence electrons. The summed E-state index contributed by atoms with van der Waals surface area (Å²) in [5, 5.41) is 11.1. The molecule has 0 aromatic carbocycles. The van der Waals surface area contributed by atoms with Gasteiger partial charge in [-0.2, -0.15) is 0 Å². The number of carbonyl (C=O) groups is 3. The van der Waals surface area contributed by atoms with E-state index in [0.717, 1.165) is 38.5 Å². The van der Waals surface area contributed by atoms with Gasteiger partial charge in [0.2, 0.25) is 5.91 Å². The molecule has 0 saturated carbocycles. The molecular weight excluding hydrogens is 456 g/mol. The van der Waals surface area contributed by atoms with Gasteiger partial charge in [-0.3, -0.25) is 14.4 Å². The third kappa shape index (κ3) is 19.4. The number of rotatable bonds is 20. The highest BCUT2D eigenvalue weighted by Crippen LogP contribution is 2.20. The van der Waals surface area contributed by atoms with Crippen LogP contribution in [0, 0.1) is 5.41 Å². The molecule has 7 nitrogen and oxygen atoms in total. The molecule has 7 heteroatoms. The van der Waals surface area contributed by atoms with E-state index in [2.05, 4.69) is 73.0 Å². The maximum Gasteiger partial charge on any atom is 0.305 e. The lowest BCUT2D eigenvalue weighted by Crippen LogP contribution is -2.52. The maximum atomic E-state index is 12.1. The minimum absolute atomic E-state index is 0.00747. The molecule has 4 N–H and O–H groups in total. The summed E-state index contributed by atoms with van der Waals surface area (Å²) in [6.45, 7) is 5.63. The van der Waals surface area contributed by atoms with Crippen LogP contribution in [0.5, 0.6) is 0 Å². The number of nitrogens with one attached hydrogen (secondary N) is 1. The van der Waals surface area contributed by atoms with E-state index in [-0.39, 0.29) is 25.5 Å². The monoisotopic (exact) mass is 502 g/mol. The minimum Gasteiger partial charge on any atom is -0.481 e. The summed E-state index contributed by atoms with van der Waals surface area (Å²) in [5.41, 5.74) is 5.20. The number of allylic oxidation sites excluding steroid dienone is 10. The predicted octanol–water partition coefficient (Wildman–Crippen LogP) is 5.40. The third-order valence-electron chi connectivity index (χ3n) is 5.28. The summed E-state index contributed by atoms with van der Waals surface area (Å²) in [5.74, 6) is -1.79. The summed E-state index contributed by atoms with van der Waals surface area (Å²) < 4.78 is 5.31. The number of unbranched alkanes of at least 4 members (excludes halogenated alkanes) is 1. The molecule has 0 aliphatic heterocycles. The highest BCUT2D eigenvalue weighted by molar-refractivity contribution is 5.82. The summed E-state index contributed by atoms with van der Waals surface area (Å²) in [7, 11) is 0. The van der Waals surface area contributed by atoms with Gasteiger partial charge in [0.05, 0.1) is 19.1 Å². The highest BCUT2D eigenvalue weighted by atomic mass is 16.5. The van der Waals surface area contributed by atoms with Crippen LogP contribution in [0.2, 0.25) is 0 Å². The van der Waals surface area contributed by atoms with Gasteiger partial charge in [-0.05, 0) is 44.9 Å². The first-order valence-electron chi connectivity index (χ1n) is 12.9. The fraction of sp³-hybridized carbons (Fsp3) is 0.552. The lowest BCUT2D eigenvalue weighted by atomic mass is 9.85. The van der Waals surface area contributed by atoms with Crippen LogP contribution in [0.25, 0.3) is 0 Å². The number of hydrogen-bond donors (Lipinski definition) is 3. The Labute approximate surface area is 217 Å². The third-order valence-corrected chi connectivity index (χ3v) is 5.28. The second-order valence-electron chi connectivity index (χ2n) is 9.16. The lowest BCUT2D eigenvalue weighted by molar-refractivity contribution is -0.148. The molecule has 0 heterocycles. The van der Waals surface area contributed by atoms with Crippen molar-refractivity contribution in [2.75, 3.05) is 13.2 Å². The number of carboxylic acids is 1. The van der Waals surface area contributed by atoms with Crippen molar-refractivity contribution in [3.63, 3.8) is 0 Å². The Balaban J connectivity index is 3.92. The number of aliphatic carboxylic acids is 1. The zero-order valence-corrected chi connectivity index (χ0v) is 22.3. The number of carboxylic acid groups (broad SMARTS) is 1. The van der Waals surface area contributed by atoms with Gasteiger partial charge in [-0.1, -0.05) is 81.5 Å². The Bertz CT molecular complexity index is 779. The number of esters is 1. The van der Waals surface area contributed by atoms with Crippen LogP contribution in [0.4, 0.5) is 0 Å². The summed E-state index contributed by atoms with van der Waals surface area (Å²) in [4.78, 5) is 34.6. The van der Waals surface area contributed by atoms with Gasteiger partial charge in [-0.15, -0.1) is 0 Å². The van der Waals surface area contributed by atoms with E-state index < -0.39 is 23.3 Å². The van der Waals surface area contributed by atoms with Gasteiger partial charge >= 0.3 is 11.9 Å². The van der Waals surface area contributed by atoms with Gasteiger partial charge in [0, 0.05) is 18.4 Å². The van der Waals surface area contributed by atoms with Crippen LogP contribution in [-0.4, -0.2) is 42.1 Å². The summed E-state index contributed by atoms with van der Waals surface area (Å²) >= 11 is 0. The Hall–Kier alpha value is -2.93. The molecule has 0 fully saturated rings. The first-order valence-corrected chi connectivity index (χ1v) is 12.9. The molecule has 0 aliphatic rings. The van der Waals surface area contributed by atoms with Gasteiger partial charge in [0.25, 0.3) is 0 Å². The minimum atomic E-state index is -0.998. The van der Waals surface area contributed by atoms with Gasteiger partial charge in [0.1, 0.15) is 0 Å². The molecule has 0 saturated heterocycles. The van der Waals surface area contributed by atoms with Crippen LogP contribution in [0.1, 0.15) is 78.6 Å². The van der Waals surface area contributed by atoms with Gasteiger partial charge < -0.3 is 20.9 Å². The molecule has 0 rings (SSSR count). The molecule has 0 radical (unpaired) electrons. The van der Waals surface area contributed by atoms with E-state index in [9.17, 15) is 14.4 Å². The van der Waals surface area contributed by atoms with Crippen molar-refractivity contribution in [1.82, 2.24) is 5.32 Å². The first-order chi connectivity index (χ1) is 17.2. The van der Waals surface area contributed by atoms with E-state index in [1.54, 1.807) is 13.8 Å². The molecule has 0 aliphatic carbocycles. The van der Waals surface area contributed by atoms with Crippen molar-refractivity contribution in [2.45, 2.75) is 84.6 Å². The molecule has 0 unspecified atom stereocenters. The van der Waals surface area contributed by atoms with Crippen molar-refractivity contribution in [3.05, 3.63) is 60.8 Å². The van der Waals surface area contributed by atoms with Crippen LogP contribution in [0.3, 0.4) is 0 Å². The number of nitrogens with two attached hydrogens (primary N) is 1. The van der Waals surface area contributed by atoms with Crippen molar-refractivity contribution in [2.24, 2.45) is 11.1 Å². The fourth-order valence-electron chi connectivity index (χ4n) is 2.92. The molecular formula is C29H46N2O5. The number of hydrogen-bond acceptors (Lipinski definition) is 5. The zero-order chi connectivity index (χ0) is 27.1. The van der Waals surface area contributed by atoms with Crippen molar-refractivity contribution >= 4 is 17.8 Å². The number of ether oxygens (including phenoxy) is 1. The molecule has 0 spiro atoms. The van der Waals surface area contributed by atoms with Crippen LogP contribution < -0.4 is 11.1 Å². The van der Waals surface area contributed by atoms with Crippen molar-refractivity contribution in [3.8, 4) is 0 Å². The van der Waals surface area contributed by atoms with Crippen LogP contribution in [0.15, 0.2) is 60.8 Å². The molecule has 0 aromatic heterocycles. The fourth-order valence-corrected chi connectivity index (χ4v) is 2.92. The topological polar surface area (TPSA) is 119 Å². The standard InChI is InChI=1S/C29H46N2O5/c1-4-5-6-7-8-9-10-11-12-13-14-15-16-17-18-19-20-21-26(34)36-24-29(2,3)27(30)28(35)31-23-22-25(32)33/h5-6,8-9,11-12,14-15,17-18,27H,4,7,10,13,16,19-24,30H2,1-3H3,(H,31,35)(H,32,33)/b6-5-,9-8-,12-11-,15-14-,18-17-/t27-/m1/s1. The van der Waals surface area contributed by atoms with E-state index >= 15 is 0 Å². The summed E-state index contributed by atoms with van der Waals surface area (Å²) in [6.07, 6.45) is 27.9. The SMILES string of the molecule is CC/C=C\C/C=C\C/C=C\C/C=C\C/C=C\CCCC(=O)OCC(C)(C)[C@H](N)C(=O)NCCC(=O)O. The van der Waals surface area contributed by atoms with E-state index in [4.69, 9.17) is 15.6 Å². The van der Waals surface area contributed by atoms with Crippen LogP contribution >= 0.6 is 0 Å². The largest absolute Gasteiger partial charge is 0.481 e. The number of carbonyl (C=O) groups excluding carboxylic acids is 2. The average Bonchev–Trinajstić information content (AvgIpc) is 2.83. The van der Waals surface area contributed by atoms with E-state index in [1.807, 2.05) is 0 Å². The molecule has 36 heavy (non-hydrogen) atoms. The highest BCUT2D eigenvalue weighted by Gasteiger charge is 2.33.